The predicted molar refractivity (Wildman–Crippen MR) is 128 cm³/mol. The molecule has 4 heteroatoms. The standard InChI is InChI=1S/C29H46O4/c1-17(2)19-14-24(33-25(31)15-19)18(3)22-16-23(30)26-21-10-9-20-8-6-7-11-28(20,5)29(21,32)13-12-27(22,26)4/h17-22,24,26,32H,6-16H2,1-5H3/t18?,19?,20?,21?,22?,24?,26?,27-,28+,29-/m1/s1. The quantitative estimate of drug-likeness (QED) is 0.531. The third kappa shape index (κ3) is 3.39. The van der Waals surface area contributed by atoms with Crippen LogP contribution >= 0.6 is 0 Å². The third-order valence-electron chi connectivity index (χ3n) is 12.0. The van der Waals surface area contributed by atoms with Crippen LogP contribution in [0.5, 0.6) is 0 Å². The van der Waals surface area contributed by atoms with Gasteiger partial charge in [0.05, 0.1) is 5.60 Å². The Morgan fingerprint density at radius 2 is 1.73 bits per heavy atom. The number of aliphatic hydroxyl groups is 1. The maximum Gasteiger partial charge on any atom is 0.306 e. The number of esters is 1. The van der Waals surface area contributed by atoms with Crippen LogP contribution in [0.4, 0.5) is 0 Å². The van der Waals surface area contributed by atoms with Gasteiger partial charge in [0.25, 0.3) is 0 Å². The monoisotopic (exact) mass is 458 g/mol. The Balaban J connectivity index is 1.42. The highest BCUT2D eigenvalue weighted by Gasteiger charge is 2.69. The van der Waals surface area contributed by atoms with E-state index < -0.39 is 5.60 Å². The molecule has 1 aliphatic heterocycles. The fourth-order valence-electron chi connectivity index (χ4n) is 9.79. The number of rotatable bonds is 3. The summed E-state index contributed by atoms with van der Waals surface area (Å²) in [6.45, 7) is 11.3. The Labute approximate surface area is 200 Å². The summed E-state index contributed by atoms with van der Waals surface area (Å²) in [5, 5.41) is 12.3. The molecule has 5 aliphatic rings. The van der Waals surface area contributed by atoms with Gasteiger partial charge in [-0.05, 0) is 91.3 Å². The molecule has 0 aromatic heterocycles. The van der Waals surface area contributed by atoms with Gasteiger partial charge < -0.3 is 9.84 Å². The van der Waals surface area contributed by atoms with Gasteiger partial charge in [0.1, 0.15) is 11.9 Å². The van der Waals surface area contributed by atoms with Crippen LogP contribution in [0.2, 0.25) is 0 Å². The minimum absolute atomic E-state index is 0.0383. The lowest BCUT2D eigenvalue weighted by Crippen LogP contribution is -2.65. The second kappa shape index (κ2) is 8.07. The van der Waals surface area contributed by atoms with Crippen LogP contribution in [0, 0.1) is 52.3 Å². The van der Waals surface area contributed by atoms with Gasteiger partial charge in [-0.1, -0.05) is 47.5 Å². The molecule has 7 unspecified atom stereocenters. The van der Waals surface area contributed by atoms with Gasteiger partial charge in [0.2, 0.25) is 0 Å². The largest absolute Gasteiger partial charge is 0.462 e. The molecule has 1 N–H and O–H groups in total. The number of ketones is 1. The SMILES string of the molecule is CC(C)C1CC(=O)OC(C(C)C2CC(=O)C3C4CCC5CCCC[C@]5(C)[C@@]4(O)CC[C@]23C)C1. The highest BCUT2D eigenvalue weighted by molar-refractivity contribution is 5.85. The van der Waals surface area contributed by atoms with Crippen molar-refractivity contribution in [3.8, 4) is 0 Å². The zero-order valence-electron chi connectivity index (χ0n) is 21.6. The summed E-state index contributed by atoms with van der Waals surface area (Å²) >= 11 is 0. The summed E-state index contributed by atoms with van der Waals surface area (Å²) in [4.78, 5) is 26.1. The van der Waals surface area contributed by atoms with Crippen LogP contribution < -0.4 is 0 Å². The van der Waals surface area contributed by atoms with Crippen molar-refractivity contribution < 1.29 is 19.4 Å². The summed E-state index contributed by atoms with van der Waals surface area (Å²) in [6, 6.07) is 0. The fourth-order valence-corrected chi connectivity index (χ4v) is 9.79. The molecule has 0 aromatic rings. The Bertz CT molecular complexity index is 805. The van der Waals surface area contributed by atoms with Crippen LogP contribution in [0.15, 0.2) is 0 Å². The molecule has 0 spiro atoms. The van der Waals surface area contributed by atoms with Crippen molar-refractivity contribution in [2.75, 3.05) is 0 Å². The Morgan fingerprint density at radius 1 is 0.970 bits per heavy atom. The molecule has 0 bridgehead atoms. The summed E-state index contributed by atoms with van der Waals surface area (Å²) in [6.07, 6.45) is 10.7. The molecule has 5 rings (SSSR count). The molecule has 0 amide bonds. The van der Waals surface area contributed by atoms with Gasteiger partial charge in [-0.15, -0.1) is 0 Å². The van der Waals surface area contributed by atoms with Crippen molar-refractivity contribution in [2.24, 2.45) is 52.3 Å². The smallest absolute Gasteiger partial charge is 0.306 e. The highest BCUT2D eigenvalue weighted by Crippen LogP contribution is 2.69. The highest BCUT2D eigenvalue weighted by atomic mass is 16.5. The Kier molecular flexibility index (Phi) is 5.82. The topological polar surface area (TPSA) is 63.6 Å². The maximum absolute atomic E-state index is 13.7. The van der Waals surface area contributed by atoms with E-state index in [4.69, 9.17) is 4.74 Å². The molecule has 186 valence electrons. The number of hydrogen-bond acceptors (Lipinski definition) is 4. The number of cyclic esters (lactones) is 1. The number of ether oxygens (including phenoxy) is 1. The summed E-state index contributed by atoms with van der Waals surface area (Å²) in [5.74, 6) is 2.23. The molecule has 33 heavy (non-hydrogen) atoms. The number of fused-ring (bicyclic) bond motifs is 5. The Morgan fingerprint density at radius 3 is 2.45 bits per heavy atom. The van der Waals surface area contributed by atoms with Gasteiger partial charge in [0, 0.05) is 18.8 Å². The van der Waals surface area contributed by atoms with Crippen LogP contribution in [-0.2, 0) is 14.3 Å². The van der Waals surface area contributed by atoms with E-state index in [-0.39, 0.29) is 46.6 Å². The first-order chi connectivity index (χ1) is 15.5. The summed E-state index contributed by atoms with van der Waals surface area (Å²) < 4.78 is 5.91. The molecule has 0 aromatic carbocycles. The van der Waals surface area contributed by atoms with Crippen molar-refractivity contribution in [3.63, 3.8) is 0 Å². The van der Waals surface area contributed by atoms with E-state index in [2.05, 4.69) is 34.6 Å². The molecule has 0 radical (unpaired) electrons. The van der Waals surface area contributed by atoms with Crippen LogP contribution in [0.25, 0.3) is 0 Å². The number of Topliss-reactive ketones (excluding diaryl/α,β-unsaturated/α-hetero) is 1. The van der Waals surface area contributed by atoms with Crippen LogP contribution in [0.1, 0.15) is 105 Å². The van der Waals surface area contributed by atoms with E-state index in [0.29, 0.717) is 36.4 Å². The first kappa shape index (κ1) is 23.8. The molecule has 1 saturated heterocycles. The summed E-state index contributed by atoms with van der Waals surface area (Å²) in [5.41, 5.74) is -0.834. The van der Waals surface area contributed by atoms with E-state index in [1.165, 1.54) is 25.7 Å². The lowest BCUT2D eigenvalue weighted by molar-refractivity contribution is -0.235. The molecule has 4 saturated carbocycles. The van der Waals surface area contributed by atoms with Gasteiger partial charge in [-0.3, -0.25) is 9.59 Å². The number of carbonyl (C=O) groups excluding carboxylic acids is 2. The predicted octanol–water partition coefficient (Wildman–Crippen LogP) is 5.94. The zero-order valence-corrected chi connectivity index (χ0v) is 21.6. The maximum atomic E-state index is 13.7. The average molecular weight is 459 g/mol. The first-order valence-electron chi connectivity index (χ1n) is 14.0. The van der Waals surface area contributed by atoms with Crippen molar-refractivity contribution in [3.05, 3.63) is 0 Å². The molecule has 4 nitrogen and oxygen atoms in total. The normalized spacial score (nSPS) is 50.9. The molecular weight excluding hydrogens is 412 g/mol. The van der Waals surface area contributed by atoms with Gasteiger partial charge in [-0.2, -0.15) is 0 Å². The van der Waals surface area contributed by atoms with Crippen molar-refractivity contribution in [1.82, 2.24) is 0 Å². The van der Waals surface area contributed by atoms with E-state index in [1.807, 2.05) is 0 Å². The second-order valence-corrected chi connectivity index (χ2v) is 13.6. The minimum Gasteiger partial charge on any atom is -0.462 e. The second-order valence-electron chi connectivity index (χ2n) is 13.6. The van der Waals surface area contributed by atoms with Gasteiger partial charge in [-0.25, -0.2) is 0 Å². The molecule has 5 fully saturated rings. The zero-order chi connectivity index (χ0) is 23.8. The van der Waals surface area contributed by atoms with E-state index >= 15 is 0 Å². The fraction of sp³-hybridized carbons (Fsp3) is 0.931. The van der Waals surface area contributed by atoms with Crippen molar-refractivity contribution in [1.29, 1.82) is 0 Å². The minimum atomic E-state index is -0.700. The van der Waals surface area contributed by atoms with E-state index in [9.17, 15) is 14.7 Å². The van der Waals surface area contributed by atoms with Crippen molar-refractivity contribution >= 4 is 11.8 Å². The number of hydrogen-bond donors (Lipinski definition) is 1. The lowest BCUT2D eigenvalue weighted by Gasteiger charge is -2.64. The summed E-state index contributed by atoms with van der Waals surface area (Å²) in [7, 11) is 0. The van der Waals surface area contributed by atoms with Crippen molar-refractivity contribution in [2.45, 2.75) is 117 Å². The van der Waals surface area contributed by atoms with Crippen LogP contribution in [0.3, 0.4) is 0 Å². The molecule has 10 atom stereocenters. The van der Waals surface area contributed by atoms with E-state index in [1.54, 1.807) is 0 Å². The van der Waals surface area contributed by atoms with Gasteiger partial charge in [0.15, 0.2) is 0 Å². The third-order valence-corrected chi connectivity index (χ3v) is 12.0. The van der Waals surface area contributed by atoms with E-state index in [0.717, 1.165) is 32.1 Å². The molecule has 4 aliphatic carbocycles. The van der Waals surface area contributed by atoms with Crippen LogP contribution in [-0.4, -0.2) is 28.6 Å². The average Bonchev–Trinajstić information content (AvgIpc) is 3.04. The molecular formula is C29H46O4. The number of carbonyl (C=O) groups is 2. The Hall–Kier alpha value is -0.900. The molecule has 1 heterocycles. The lowest BCUT2D eigenvalue weighted by atomic mass is 9.42. The van der Waals surface area contributed by atoms with Gasteiger partial charge >= 0.3 is 5.97 Å². The first-order valence-corrected chi connectivity index (χ1v) is 14.0.